The third-order valence-corrected chi connectivity index (χ3v) is 8.51. The number of nitrogens with one attached hydrogen (secondary N) is 1. The van der Waals surface area contributed by atoms with E-state index in [1.54, 1.807) is 23.7 Å². The van der Waals surface area contributed by atoms with Crippen molar-refractivity contribution >= 4 is 50.3 Å². The predicted octanol–water partition coefficient (Wildman–Crippen LogP) is 3.21. The molecular formula is C25H35N7O2S2. The van der Waals surface area contributed by atoms with E-state index in [1.165, 1.54) is 11.1 Å². The first-order valence-corrected chi connectivity index (χ1v) is 14.7. The summed E-state index contributed by atoms with van der Waals surface area (Å²) in [7, 11) is -0.907. The van der Waals surface area contributed by atoms with E-state index < -0.39 is 11.0 Å². The van der Waals surface area contributed by atoms with Crippen LogP contribution in [0.4, 0.5) is 11.5 Å². The summed E-state index contributed by atoms with van der Waals surface area (Å²) < 4.78 is 20.4. The van der Waals surface area contributed by atoms with Crippen LogP contribution in [0.15, 0.2) is 24.3 Å². The van der Waals surface area contributed by atoms with Crippen LogP contribution in [0.5, 0.6) is 0 Å². The van der Waals surface area contributed by atoms with Crippen molar-refractivity contribution in [3.63, 3.8) is 0 Å². The maximum Gasteiger partial charge on any atom is 0.162 e. The van der Waals surface area contributed by atoms with Crippen molar-refractivity contribution in [3.05, 3.63) is 34.7 Å². The standard InChI is InChI=1S/C23H29N7O2S2.C2H6/c1-34(31)30-7-5-28(6-8-30)15-16-13-20-21(33-16)23(29-9-11-32-12-10-29)27-22(26-20)17-3-2-4-19(25)18(17)14-24;1-2/h2-4,13-14,24H,5-12,15,25H2,1H3;1-2H3. The van der Waals surface area contributed by atoms with Crippen LogP contribution in [-0.2, 0) is 22.3 Å². The number of morpholine rings is 1. The van der Waals surface area contributed by atoms with Gasteiger partial charge in [-0.15, -0.1) is 11.3 Å². The molecule has 0 aliphatic carbocycles. The Morgan fingerprint density at radius 2 is 1.86 bits per heavy atom. The van der Waals surface area contributed by atoms with Gasteiger partial charge in [0.1, 0.15) is 0 Å². The molecule has 36 heavy (non-hydrogen) atoms. The highest BCUT2D eigenvalue weighted by Gasteiger charge is 2.23. The van der Waals surface area contributed by atoms with E-state index in [-0.39, 0.29) is 0 Å². The number of nitrogen functional groups attached to an aromatic ring is 1. The SMILES string of the molecule is CC.CS(=O)N1CCN(Cc2cc3nc(-c4cccc(N)c4C=N)nc(N4CCOCC4)c3s2)CC1. The largest absolute Gasteiger partial charge is 0.398 e. The van der Waals surface area contributed by atoms with Gasteiger partial charge >= 0.3 is 0 Å². The molecule has 2 fully saturated rings. The van der Waals surface area contributed by atoms with E-state index in [0.29, 0.717) is 30.3 Å². The zero-order valence-corrected chi connectivity index (χ0v) is 22.8. The molecule has 3 N–H and O–H groups in total. The third-order valence-electron chi connectivity index (χ3n) is 6.31. The molecule has 194 valence electrons. The first-order valence-electron chi connectivity index (χ1n) is 12.4. The molecule has 2 aromatic heterocycles. The quantitative estimate of drug-likeness (QED) is 0.373. The molecule has 2 saturated heterocycles. The Balaban J connectivity index is 0.00000148. The number of hydrogen-bond donors (Lipinski definition) is 2. The molecule has 0 spiro atoms. The molecule has 1 atom stereocenters. The zero-order chi connectivity index (χ0) is 25.7. The molecule has 9 nitrogen and oxygen atoms in total. The lowest BCUT2D eigenvalue weighted by Gasteiger charge is -2.32. The van der Waals surface area contributed by atoms with E-state index in [4.69, 9.17) is 25.8 Å². The smallest absolute Gasteiger partial charge is 0.162 e. The van der Waals surface area contributed by atoms with Crippen LogP contribution in [0.3, 0.4) is 0 Å². The minimum atomic E-state index is -0.907. The molecule has 11 heteroatoms. The second-order valence-corrected chi connectivity index (χ2v) is 11.0. The fourth-order valence-electron chi connectivity index (χ4n) is 4.46. The number of fused-ring (bicyclic) bond motifs is 1. The van der Waals surface area contributed by atoms with Crippen LogP contribution in [0.25, 0.3) is 21.6 Å². The van der Waals surface area contributed by atoms with Crippen LogP contribution >= 0.6 is 11.3 Å². The lowest BCUT2D eigenvalue weighted by atomic mass is 10.1. The van der Waals surface area contributed by atoms with Gasteiger partial charge in [-0.1, -0.05) is 26.0 Å². The fourth-order valence-corrected chi connectivity index (χ4v) is 6.29. The van der Waals surface area contributed by atoms with Crippen molar-refractivity contribution in [3.8, 4) is 11.4 Å². The summed E-state index contributed by atoms with van der Waals surface area (Å²) in [5.41, 5.74) is 9.00. The topological polar surface area (TPSA) is 112 Å². The molecule has 1 aromatic carbocycles. The Bertz CT molecular complexity index is 1220. The number of aromatic nitrogens is 2. The average Bonchev–Trinajstić information content (AvgIpc) is 3.32. The van der Waals surface area contributed by atoms with Crippen LogP contribution in [0, 0.1) is 5.41 Å². The Hall–Kier alpha value is -2.44. The van der Waals surface area contributed by atoms with Crippen LogP contribution in [0.1, 0.15) is 24.3 Å². The fraction of sp³-hybridized carbons (Fsp3) is 0.480. The Morgan fingerprint density at radius 3 is 2.53 bits per heavy atom. The molecule has 0 saturated carbocycles. The van der Waals surface area contributed by atoms with Gasteiger partial charge in [-0.25, -0.2) is 18.5 Å². The van der Waals surface area contributed by atoms with E-state index >= 15 is 0 Å². The Labute approximate surface area is 219 Å². The minimum Gasteiger partial charge on any atom is -0.398 e. The first-order chi connectivity index (χ1) is 17.5. The summed E-state index contributed by atoms with van der Waals surface area (Å²) in [6.45, 7) is 11.2. The number of anilines is 2. The summed E-state index contributed by atoms with van der Waals surface area (Å²) >= 11 is 1.74. The van der Waals surface area contributed by atoms with E-state index in [2.05, 4.69) is 15.9 Å². The van der Waals surface area contributed by atoms with Gasteiger partial charge in [0.05, 0.1) is 34.4 Å². The van der Waals surface area contributed by atoms with Gasteiger partial charge in [-0.05, 0) is 12.1 Å². The molecule has 3 aromatic rings. The summed E-state index contributed by atoms with van der Waals surface area (Å²) in [5, 5.41) is 7.86. The van der Waals surface area contributed by atoms with Crippen molar-refractivity contribution in [2.24, 2.45) is 0 Å². The minimum absolute atomic E-state index is 0.544. The maximum absolute atomic E-state index is 11.8. The van der Waals surface area contributed by atoms with Crippen LogP contribution in [-0.4, -0.2) is 88.3 Å². The van der Waals surface area contributed by atoms with Crippen molar-refractivity contribution in [1.82, 2.24) is 19.2 Å². The summed E-state index contributed by atoms with van der Waals surface area (Å²) in [4.78, 5) is 15.8. The molecule has 0 radical (unpaired) electrons. The highest BCUT2D eigenvalue weighted by Crippen LogP contribution is 2.36. The summed E-state index contributed by atoms with van der Waals surface area (Å²) in [5.74, 6) is 1.51. The Morgan fingerprint density at radius 1 is 1.14 bits per heavy atom. The van der Waals surface area contributed by atoms with Crippen molar-refractivity contribution in [1.29, 1.82) is 5.41 Å². The monoisotopic (exact) mass is 529 g/mol. The van der Waals surface area contributed by atoms with Gasteiger partial charge in [0.15, 0.2) is 11.6 Å². The van der Waals surface area contributed by atoms with Crippen molar-refractivity contribution in [2.75, 3.05) is 69.4 Å². The summed E-state index contributed by atoms with van der Waals surface area (Å²) in [6.07, 6.45) is 3.02. The predicted molar refractivity (Wildman–Crippen MR) is 150 cm³/mol. The Kier molecular flexibility index (Phi) is 9.02. The van der Waals surface area contributed by atoms with Crippen molar-refractivity contribution in [2.45, 2.75) is 20.4 Å². The number of piperazine rings is 1. The van der Waals surface area contributed by atoms with E-state index in [0.717, 1.165) is 67.4 Å². The second kappa shape index (κ2) is 12.2. The molecule has 5 rings (SSSR count). The second-order valence-electron chi connectivity index (χ2n) is 8.48. The number of rotatable bonds is 6. The van der Waals surface area contributed by atoms with E-state index in [9.17, 15) is 4.21 Å². The molecule has 0 bridgehead atoms. The molecule has 0 amide bonds. The van der Waals surface area contributed by atoms with Gasteiger partial charge in [0.2, 0.25) is 0 Å². The molecule has 1 unspecified atom stereocenters. The molecule has 2 aliphatic rings. The zero-order valence-electron chi connectivity index (χ0n) is 21.2. The van der Waals surface area contributed by atoms with Crippen molar-refractivity contribution < 1.29 is 8.95 Å². The van der Waals surface area contributed by atoms with Crippen LogP contribution < -0.4 is 10.6 Å². The molecule has 4 heterocycles. The number of nitrogens with zero attached hydrogens (tertiary/aromatic N) is 5. The van der Waals surface area contributed by atoms with Crippen LogP contribution in [0.2, 0.25) is 0 Å². The maximum atomic E-state index is 11.8. The average molecular weight is 530 g/mol. The number of nitrogens with two attached hydrogens (primary N) is 1. The normalized spacial score (nSPS) is 18.0. The lowest BCUT2D eigenvalue weighted by Crippen LogP contribution is -2.46. The highest BCUT2D eigenvalue weighted by atomic mass is 32.2. The van der Waals surface area contributed by atoms with Gasteiger partial charge in [-0.2, -0.15) is 0 Å². The molecular weight excluding hydrogens is 494 g/mol. The molecule has 2 aliphatic heterocycles. The van der Waals surface area contributed by atoms with Gasteiger partial charge < -0.3 is 20.8 Å². The summed E-state index contributed by atoms with van der Waals surface area (Å²) in [6, 6.07) is 7.75. The third kappa shape index (κ3) is 5.76. The number of thiophene rings is 1. The number of ether oxygens (including phenoxy) is 1. The van der Waals surface area contributed by atoms with Gasteiger partial charge in [-0.3, -0.25) is 4.90 Å². The number of benzene rings is 1. The van der Waals surface area contributed by atoms with Gasteiger partial charge in [0, 0.05) is 80.0 Å². The first kappa shape index (κ1) is 26.6. The lowest BCUT2D eigenvalue weighted by molar-refractivity contribution is 0.122. The number of hydrogen-bond acceptors (Lipinski definition) is 9. The van der Waals surface area contributed by atoms with Gasteiger partial charge in [0.25, 0.3) is 0 Å². The highest BCUT2D eigenvalue weighted by molar-refractivity contribution is 7.81. The van der Waals surface area contributed by atoms with E-state index in [1.807, 2.05) is 30.3 Å².